The molecule has 3 rings (SSSR count). The third-order valence-electron chi connectivity index (χ3n) is 2.91. The smallest absolute Gasteiger partial charge is 0.242 e. The number of carbonyl (C=O) groups excluding carboxylic acids is 2. The molecule has 1 saturated heterocycles. The normalized spacial score (nSPS) is 22.6. The first kappa shape index (κ1) is 10.2. The van der Waals surface area contributed by atoms with Crippen LogP contribution in [0, 0.1) is 0 Å². The van der Waals surface area contributed by atoms with Gasteiger partial charge in [-0.25, -0.2) is 10.0 Å². The van der Waals surface area contributed by atoms with Crippen molar-refractivity contribution in [1.29, 1.82) is 0 Å². The van der Waals surface area contributed by atoms with E-state index in [0.717, 1.165) is 0 Å². The summed E-state index contributed by atoms with van der Waals surface area (Å²) in [6.45, 7) is 0. The van der Waals surface area contributed by atoms with Crippen LogP contribution in [0.4, 0.5) is 0 Å². The first-order valence-corrected chi connectivity index (χ1v) is 5.51. The van der Waals surface area contributed by atoms with Crippen molar-refractivity contribution in [1.82, 2.24) is 10.4 Å². The maximum absolute atomic E-state index is 12.1. The van der Waals surface area contributed by atoms with E-state index in [1.807, 2.05) is 18.2 Å². The molecule has 1 unspecified atom stereocenters. The Morgan fingerprint density at radius 2 is 2.06 bits per heavy atom. The van der Waals surface area contributed by atoms with Crippen LogP contribution >= 0.6 is 0 Å². The van der Waals surface area contributed by atoms with E-state index in [9.17, 15) is 9.59 Å². The zero-order valence-corrected chi connectivity index (χ0v) is 9.09. The van der Waals surface area contributed by atoms with Crippen molar-refractivity contribution in [2.45, 2.75) is 19.0 Å². The molecule has 17 heavy (non-hydrogen) atoms. The van der Waals surface area contributed by atoms with Gasteiger partial charge in [0.2, 0.25) is 11.7 Å². The Hall–Kier alpha value is -2.01. The molecule has 5 nitrogen and oxygen atoms in total. The largest absolute Gasteiger partial charge is 0.290 e. The molecule has 0 aromatic heterocycles. The second-order valence-corrected chi connectivity index (χ2v) is 4.04. The summed E-state index contributed by atoms with van der Waals surface area (Å²) in [5, 5.41) is 1.39. The fourth-order valence-corrected chi connectivity index (χ4v) is 2.03. The molecule has 0 radical (unpaired) electrons. The highest BCUT2D eigenvalue weighted by Crippen LogP contribution is 2.19. The number of hydrazine groups is 1. The predicted octanol–water partition coefficient (Wildman–Crippen LogP) is 0.734. The van der Waals surface area contributed by atoms with Crippen molar-refractivity contribution in [3.05, 3.63) is 35.9 Å². The quantitative estimate of drug-likeness (QED) is 0.761. The molecular weight excluding hydrogens is 218 g/mol. The zero-order valence-electron chi connectivity index (χ0n) is 9.09. The van der Waals surface area contributed by atoms with Crippen LogP contribution in [0.25, 0.3) is 0 Å². The first-order valence-electron chi connectivity index (χ1n) is 5.51. The maximum Gasteiger partial charge on any atom is 0.242 e. The summed E-state index contributed by atoms with van der Waals surface area (Å²) in [5.41, 5.74) is 3.43. The number of nitrogens with one attached hydrogen (secondary N) is 1. The van der Waals surface area contributed by atoms with Gasteiger partial charge < -0.3 is 0 Å². The number of ketones is 1. The van der Waals surface area contributed by atoms with Gasteiger partial charge in [-0.3, -0.25) is 9.59 Å². The minimum Gasteiger partial charge on any atom is -0.290 e. The molecule has 1 fully saturated rings. The second-order valence-electron chi connectivity index (χ2n) is 4.04. The molecule has 5 heteroatoms. The zero-order chi connectivity index (χ0) is 11.8. The highest BCUT2D eigenvalue weighted by molar-refractivity contribution is 6.09. The van der Waals surface area contributed by atoms with E-state index in [2.05, 4.69) is 10.4 Å². The van der Waals surface area contributed by atoms with Gasteiger partial charge >= 0.3 is 0 Å². The number of hydrogen-bond donors (Lipinski definition) is 1. The van der Waals surface area contributed by atoms with Crippen LogP contribution in [0.15, 0.2) is 35.3 Å². The lowest BCUT2D eigenvalue weighted by molar-refractivity contribution is -0.127. The van der Waals surface area contributed by atoms with E-state index < -0.39 is 6.17 Å². The Morgan fingerprint density at radius 1 is 1.29 bits per heavy atom. The molecule has 2 heterocycles. The van der Waals surface area contributed by atoms with Gasteiger partial charge in [-0.1, -0.05) is 30.3 Å². The Kier molecular flexibility index (Phi) is 2.26. The van der Waals surface area contributed by atoms with Gasteiger partial charge in [0, 0.05) is 18.4 Å². The van der Waals surface area contributed by atoms with Gasteiger partial charge in [0.25, 0.3) is 0 Å². The van der Waals surface area contributed by atoms with E-state index in [0.29, 0.717) is 24.2 Å². The number of Topliss-reactive ketones (excluding diaryl/α,β-unsaturated/α-hetero) is 1. The number of fused-ring (bicyclic) bond motifs is 1. The summed E-state index contributed by atoms with van der Waals surface area (Å²) in [5.74, 6) is 0.539. The number of hydrogen-bond acceptors (Lipinski definition) is 4. The van der Waals surface area contributed by atoms with Crippen molar-refractivity contribution >= 4 is 17.5 Å². The van der Waals surface area contributed by atoms with Crippen molar-refractivity contribution in [3.63, 3.8) is 0 Å². The fraction of sp³-hybridized carbons (Fsp3) is 0.250. The van der Waals surface area contributed by atoms with Gasteiger partial charge in [0.05, 0.1) is 0 Å². The number of benzene rings is 1. The standard InChI is InChI=1S/C12H11N3O2/c16-10-7-6-9-13-12(14-15(9)10)11(17)8-4-2-1-3-5-8/h1-5,12,14H,6-7H2. The Balaban J connectivity index is 1.82. The summed E-state index contributed by atoms with van der Waals surface area (Å²) in [6.07, 6.45) is 0.430. The number of nitrogens with zero attached hydrogens (tertiary/aromatic N) is 2. The second kappa shape index (κ2) is 3.78. The van der Waals surface area contributed by atoms with E-state index in [4.69, 9.17) is 0 Å². The summed E-state index contributed by atoms with van der Waals surface area (Å²) in [4.78, 5) is 27.7. The molecule has 1 amide bonds. The van der Waals surface area contributed by atoms with Gasteiger partial charge in [0.1, 0.15) is 5.84 Å². The lowest BCUT2D eigenvalue weighted by atomic mass is 10.1. The van der Waals surface area contributed by atoms with Crippen molar-refractivity contribution in [2.75, 3.05) is 0 Å². The minimum atomic E-state index is -0.656. The summed E-state index contributed by atoms with van der Waals surface area (Å²) in [6, 6.07) is 8.96. The maximum atomic E-state index is 12.1. The average Bonchev–Trinajstić information content (AvgIpc) is 2.92. The van der Waals surface area contributed by atoms with Crippen molar-refractivity contribution in [2.24, 2.45) is 4.99 Å². The molecule has 1 N–H and O–H groups in total. The number of rotatable bonds is 2. The van der Waals surface area contributed by atoms with Gasteiger partial charge in [-0.05, 0) is 0 Å². The Morgan fingerprint density at radius 3 is 2.76 bits per heavy atom. The molecule has 0 aliphatic carbocycles. The van der Waals surface area contributed by atoms with Gasteiger partial charge in [-0.15, -0.1) is 0 Å². The lowest BCUT2D eigenvalue weighted by Gasteiger charge is -2.12. The predicted molar refractivity (Wildman–Crippen MR) is 61.2 cm³/mol. The monoisotopic (exact) mass is 229 g/mol. The Bertz CT molecular complexity index is 510. The summed E-state index contributed by atoms with van der Waals surface area (Å²) >= 11 is 0. The van der Waals surface area contributed by atoms with Crippen molar-refractivity contribution in [3.8, 4) is 0 Å². The van der Waals surface area contributed by atoms with Crippen LogP contribution in [0.5, 0.6) is 0 Å². The van der Waals surface area contributed by atoms with E-state index in [-0.39, 0.29) is 11.7 Å². The SMILES string of the molecule is O=C(c1ccccc1)C1N=C2CCC(=O)N2N1. The minimum absolute atomic E-state index is 0.0212. The van der Waals surface area contributed by atoms with Crippen LogP contribution in [0.2, 0.25) is 0 Å². The number of amidine groups is 1. The van der Waals surface area contributed by atoms with Gasteiger partial charge in [0.15, 0.2) is 6.17 Å². The first-order chi connectivity index (χ1) is 8.25. The highest BCUT2D eigenvalue weighted by atomic mass is 16.2. The van der Waals surface area contributed by atoms with Gasteiger partial charge in [-0.2, -0.15) is 5.43 Å². The molecule has 0 saturated carbocycles. The number of aliphatic imine (C=N–C) groups is 1. The molecular formula is C12H11N3O2. The van der Waals surface area contributed by atoms with Crippen LogP contribution in [-0.4, -0.2) is 28.7 Å². The molecule has 0 spiro atoms. The van der Waals surface area contributed by atoms with Crippen LogP contribution in [0.1, 0.15) is 23.2 Å². The number of amides is 1. The van der Waals surface area contributed by atoms with Crippen LogP contribution < -0.4 is 5.43 Å². The topological polar surface area (TPSA) is 61.8 Å². The van der Waals surface area contributed by atoms with Crippen LogP contribution in [0.3, 0.4) is 0 Å². The third-order valence-corrected chi connectivity index (χ3v) is 2.91. The highest BCUT2D eigenvalue weighted by Gasteiger charge is 2.37. The number of carbonyl (C=O) groups is 2. The van der Waals surface area contributed by atoms with Crippen molar-refractivity contribution < 1.29 is 9.59 Å². The molecule has 2 aliphatic rings. The average molecular weight is 229 g/mol. The molecule has 1 aromatic carbocycles. The molecule has 86 valence electrons. The summed E-state index contributed by atoms with van der Waals surface area (Å²) in [7, 11) is 0. The summed E-state index contributed by atoms with van der Waals surface area (Å²) < 4.78 is 0. The fourth-order valence-electron chi connectivity index (χ4n) is 2.03. The molecule has 0 bridgehead atoms. The molecule has 2 aliphatic heterocycles. The van der Waals surface area contributed by atoms with E-state index >= 15 is 0 Å². The molecule has 1 atom stereocenters. The van der Waals surface area contributed by atoms with E-state index in [1.54, 1.807) is 12.1 Å². The lowest BCUT2D eigenvalue weighted by Crippen LogP contribution is -2.43. The third kappa shape index (κ3) is 1.64. The Labute approximate surface area is 98.1 Å². The van der Waals surface area contributed by atoms with Crippen LogP contribution in [-0.2, 0) is 4.79 Å². The van der Waals surface area contributed by atoms with E-state index in [1.165, 1.54) is 5.01 Å². The molecule has 1 aromatic rings.